The molecule has 0 amide bonds. The van der Waals surface area contributed by atoms with Crippen molar-refractivity contribution in [3.63, 3.8) is 0 Å². The third-order valence-corrected chi connectivity index (χ3v) is 1.80. The first kappa shape index (κ1) is 8.43. The zero-order valence-corrected chi connectivity index (χ0v) is 7.41. The van der Waals surface area contributed by atoms with Gasteiger partial charge in [-0.05, 0) is 17.7 Å². The smallest absolute Gasteiger partial charge is 0.138 e. The van der Waals surface area contributed by atoms with E-state index in [0.29, 0.717) is 0 Å². The standard InChI is InChI=1S/C9H9N5/c10-12-5-8-1-3-9(4-2-8)14-7-11-6-13-14/h1-7H,10H2. The largest absolute Gasteiger partial charge is 0.323 e. The molecule has 2 rings (SSSR count). The number of nitrogens with two attached hydrogens (primary N) is 1. The lowest BCUT2D eigenvalue weighted by Gasteiger charge is -1.99. The van der Waals surface area contributed by atoms with Crippen LogP contribution >= 0.6 is 0 Å². The van der Waals surface area contributed by atoms with Gasteiger partial charge < -0.3 is 5.84 Å². The molecule has 0 saturated carbocycles. The summed E-state index contributed by atoms with van der Waals surface area (Å²) in [5.74, 6) is 5.04. The number of rotatable bonds is 2. The monoisotopic (exact) mass is 187 g/mol. The highest BCUT2D eigenvalue weighted by atomic mass is 15.3. The summed E-state index contributed by atoms with van der Waals surface area (Å²) < 4.78 is 1.68. The molecule has 5 heteroatoms. The third-order valence-electron chi connectivity index (χ3n) is 1.80. The fourth-order valence-corrected chi connectivity index (χ4v) is 1.14. The minimum Gasteiger partial charge on any atom is -0.323 e. The minimum absolute atomic E-state index is 0.955. The van der Waals surface area contributed by atoms with Gasteiger partial charge in [0, 0.05) is 0 Å². The van der Waals surface area contributed by atoms with Crippen LogP contribution in [0.2, 0.25) is 0 Å². The van der Waals surface area contributed by atoms with E-state index in [-0.39, 0.29) is 0 Å². The van der Waals surface area contributed by atoms with Crippen molar-refractivity contribution in [3.8, 4) is 5.69 Å². The van der Waals surface area contributed by atoms with Gasteiger partial charge in [-0.3, -0.25) is 0 Å². The second kappa shape index (κ2) is 3.69. The molecule has 5 nitrogen and oxygen atoms in total. The summed E-state index contributed by atoms with van der Waals surface area (Å²) in [6.07, 6.45) is 4.73. The maximum absolute atomic E-state index is 5.04. The Kier molecular flexibility index (Phi) is 2.22. The van der Waals surface area contributed by atoms with E-state index in [1.807, 2.05) is 24.3 Å². The molecule has 0 radical (unpaired) electrons. The summed E-state index contributed by atoms with van der Waals surface area (Å²) in [6, 6.07) is 7.66. The number of hydrazone groups is 1. The molecule has 0 unspecified atom stereocenters. The van der Waals surface area contributed by atoms with E-state index in [9.17, 15) is 0 Å². The van der Waals surface area contributed by atoms with Crippen LogP contribution in [0.25, 0.3) is 5.69 Å². The number of hydrogen-bond acceptors (Lipinski definition) is 4. The Morgan fingerprint density at radius 1 is 1.29 bits per heavy atom. The van der Waals surface area contributed by atoms with E-state index in [4.69, 9.17) is 5.84 Å². The van der Waals surface area contributed by atoms with Crippen LogP contribution in [0, 0.1) is 0 Å². The Labute approximate surface area is 80.9 Å². The molecule has 0 fully saturated rings. The minimum atomic E-state index is 0.955. The number of nitrogens with zero attached hydrogens (tertiary/aromatic N) is 4. The highest BCUT2D eigenvalue weighted by Gasteiger charge is 1.95. The third kappa shape index (κ3) is 1.61. The topological polar surface area (TPSA) is 69.1 Å². The van der Waals surface area contributed by atoms with Crippen LogP contribution in [0.3, 0.4) is 0 Å². The highest BCUT2D eigenvalue weighted by molar-refractivity contribution is 5.79. The van der Waals surface area contributed by atoms with Crippen molar-refractivity contribution >= 4 is 6.21 Å². The normalized spacial score (nSPS) is 10.9. The quantitative estimate of drug-likeness (QED) is 0.424. The molecular formula is C9H9N5. The summed E-state index contributed by atoms with van der Waals surface area (Å²) in [7, 11) is 0. The van der Waals surface area contributed by atoms with E-state index < -0.39 is 0 Å². The molecule has 2 aromatic rings. The Morgan fingerprint density at radius 2 is 2.07 bits per heavy atom. The van der Waals surface area contributed by atoms with Crippen LogP contribution in [0.15, 0.2) is 42.0 Å². The van der Waals surface area contributed by atoms with Gasteiger partial charge >= 0.3 is 0 Å². The Hall–Kier alpha value is -2.17. The Bertz CT molecular complexity index is 415. The van der Waals surface area contributed by atoms with Gasteiger partial charge in [-0.2, -0.15) is 10.2 Å². The summed E-state index contributed by atoms with van der Waals surface area (Å²) in [5, 5.41) is 7.45. The molecule has 0 atom stereocenters. The molecule has 0 aliphatic rings. The molecule has 1 heterocycles. The van der Waals surface area contributed by atoms with Crippen LogP contribution in [0.5, 0.6) is 0 Å². The summed E-state index contributed by atoms with van der Waals surface area (Å²) >= 11 is 0. The lowest BCUT2D eigenvalue weighted by atomic mass is 10.2. The van der Waals surface area contributed by atoms with Crippen molar-refractivity contribution in [2.75, 3.05) is 0 Å². The van der Waals surface area contributed by atoms with Gasteiger partial charge in [0.1, 0.15) is 12.7 Å². The fraction of sp³-hybridized carbons (Fsp3) is 0. The van der Waals surface area contributed by atoms with Crippen LogP contribution < -0.4 is 5.84 Å². The lowest BCUT2D eigenvalue weighted by Crippen LogP contribution is -1.94. The molecule has 14 heavy (non-hydrogen) atoms. The lowest BCUT2D eigenvalue weighted by molar-refractivity contribution is 0.879. The SMILES string of the molecule is NN=Cc1ccc(-n2cncn2)cc1. The van der Waals surface area contributed by atoms with E-state index in [2.05, 4.69) is 15.2 Å². The van der Waals surface area contributed by atoms with Crippen molar-refractivity contribution in [1.82, 2.24) is 14.8 Å². The number of benzene rings is 1. The summed E-state index contributed by atoms with van der Waals surface area (Å²) in [6.45, 7) is 0. The van der Waals surface area contributed by atoms with Gasteiger partial charge in [-0.1, -0.05) is 12.1 Å². The summed E-state index contributed by atoms with van der Waals surface area (Å²) in [4.78, 5) is 3.86. The predicted molar refractivity (Wildman–Crippen MR) is 53.1 cm³/mol. The molecule has 0 aliphatic heterocycles. The zero-order chi connectivity index (χ0) is 9.80. The van der Waals surface area contributed by atoms with Crippen LogP contribution in [-0.2, 0) is 0 Å². The second-order valence-corrected chi connectivity index (χ2v) is 2.71. The Balaban J connectivity index is 2.31. The van der Waals surface area contributed by atoms with Crippen LogP contribution in [0.4, 0.5) is 0 Å². The fourth-order valence-electron chi connectivity index (χ4n) is 1.14. The molecular weight excluding hydrogens is 178 g/mol. The van der Waals surface area contributed by atoms with Crippen LogP contribution in [-0.4, -0.2) is 21.0 Å². The Morgan fingerprint density at radius 3 is 2.64 bits per heavy atom. The molecule has 0 saturated heterocycles. The van der Waals surface area contributed by atoms with Crippen molar-refractivity contribution in [2.45, 2.75) is 0 Å². The average Bonchev–Trinajstić information content (AvgIpc) is 2.72. The van der Waals surface area contributed by atoms with E-state index in [0.717, 1.165) is 11.3 Å². The molecule has 0 spiro atoms. The zero-order valence-electron chi connectivity index (χ0n) is 7.41. The van der Waals surface area contributed by atoms with Crippen molar-refractivity contribution < 1.29 is 0 Å². The van der Waals surface area contributed by atoms with Gasteiger partial charge in [0.25, 0.3) is 0 Å². The van der Waals surface area contributed by atoms with Crippen molar-refractivity contribution in [1.29, 1.82) is 0 Å². The second-order valence-electron chi connectivity index (χ2n) is 2.71. The van der Waals surface area contributed by atoms with Gasteiger partial charge in [0.2, 0.25) is 0 Å². The highest BCUT2D eigenvalue weighted by Crippen LogP contribution is 2.06. The van der Waals surface area contributed by atoms with E-state index in [1.54, 1.807) is 17.2 Å². The molecule has 1 aromatic carbocycles. The van der Waals surface area contributed by atoms with Gasteiger partial charge in [0.05, 0.1) is 11.9 Å². The molecule has 0 bridgehead atoms. The first-order valence-corrected chi connectivity index (χ1v) is 4.08. The molecule has 1 aromatic heterocycles. The maximum atomic E-state index is 5.04. The van der Waals surface area contributed by atoms with E-state index in [1.165, 1.54) is 6.33 Å². The number of hydrogen-bond donors (Lipinski definition) is 1. The van der Waals surface area contributed by atoms with E-state index >= 15 is 0 Å². The van der Waals surface area contributed by atoms with Gasteiger partial charge in [-0.15, -0.1) is 0 Å². The maximum Gasteiger partial charge on any atom is 0.138 e. The van der Waals surface area contributed by atoms with Crippen molar-refractivity contribution in [3.05, 3.63) is 42.5 Å². The predicted octanol–water partition coefficient (Wildman–Crippen LogP) is 0.560. The molecule has 70 valence electrons. The molecule has 0 aliphatic carbocycles. The number of aromatic nitrogens is 3. The summed E-state index contributed by atoms with van der Waals surface area (Å²) in [5.41, 5.74) is 1.91. The average molecular weight is 187 g/mol. The van der Waals surface area contributed by atoms with Gasteiger partial charge in [-0.25, -0.2) is 9.67 Å². The first-order valence-electron chi connectivity index (χ1n) is 4.08. The van der Waals surface area contributed by atoms with Crippen molar-refractivity contribution in [2.24, 2.45) is 10.9 Å². The molecule has 2 N–H and O–H groups in total. The van der Waals surface area contributed by atoms with Gasteiger partial charge in [0.15, 0.2) is 0 Å². The van der Waals surface area contributed by atoms with Crippen LogP contribution in [0.1, 0.15) is 5.56 Å². The first-order chi connectivity index (χ1) is 6.90.